The van der Waals surface area contributed by atoms with Crippen LogP contribution in [0.1, 0.15) is 27.2 Å². The van der Waals surface area contributed by atoms with Crippen molar-refractivity contribution in [3.63, 3.8) is 0 Å². The third-order valence-electron chi connectivity index (χ3n) is 2.40. The summed E-state index contributed by atoms with van der Waals surface area (Å²) in [6.45, 7) is 9.66. The molecule has 0 spiro atoms. The maximum atomic E-state index is 5.76. The van der Waals surface area contributed by atoms with Gasteiger partial charge >= 0.3 is 0 Å². The second-order valence-electron chi connectivity index (χ2n) is 3.10. The molecule has 0 aromatic rings. The Morgan fingerprint density at radius 2 is 1.85 bits per heavy atom. The second kappa shape index (κ2) is 8.85. The number of nitrogens with zero attached hydrogens (tertiary/aromatic N) is 1. The molecule has 0 rings (SSSR count). The van der Waals surface area contributed by atoms with Crippen LogP contribution in [-0.4, -0.2) is 42.1 Å². The zero-order chi connectivity index (χ0) is 10.1. The highest BCUT2D eigenvalue weighted by Crippen LogP contribution is 2.08. The molecule has 0 aliphatic heterocycles. The summed E-state index contributed by atoms with van der Waals surface area (Å²) in [7, 11) is 0. The van der Waals surface area contributed by atoms with E-state index in [-0.39, 0.29) is 0 Å². The summed E-state index contributed by atoms with van der Waals surface area (Å²) in [6, 6.07) is 0.592. The topological polar surface area (TPSA) is 29.3 Å². The van der Waals surface area contributed by atoms with Gasteiger partial charge in [-0.25, -0.2) is 0 Å². The van der Waals surface area contributed by atoms with Gasteiger partial charge in [0, 0.05) is 12.6 Å². The molecule has 3 heteroatoms. The predicted molar refractivity (Wildman–Crippen MR) is 63.4 cm³/mol. The van der Waals surface area contributed by atoms with Crippen molar-refractivity contribution >= 4 is 11.8 Å². The molecular formula is C10H24N2S. The molecule has 0 bridgehead atoms. The number of nitrogens with two attached hydrogens (primary N) is 1. The van der Waals surface area contributed by atoms with E-state index >= 15 is 0 Å². The molecule has 2 N–H and O–H groups in total. The molecule has 0 amide bonds. The second-order valence-corrected chi connectivity index (χ2v) is 4.49. The van der Waals surface area contributed by atoms with Gasteiger partial charge in [0.1, 0.15) is 0 Å². The van der Waals surface area contributed by atoms with E-state index in [1.807, 2.05) is 11.8 Å². The molecule has 0 fully saturated rings. The van der Waals surface area contributed by atoms with Gasteiger partial charge < -0.3 is 5.73 Å². The van der Waals surface area contributed by atoms with Crippen LogP contribution < -0.4 is 5.73 Å². The Bertz CT molecular complexity index is 105. The van der Waals surface area contributed by atoms with E-state index in [1.54, 1.807) is 0 Å². The molecule has 0 aliphatic rings. The molecule has 2 nitrogen and oxygen atoms in total. The first-order valence-electron chi connectivity index (χ1n) is 5.31. The Hall–Kier alpha value is 0.270. The van der Waals surface area contributed by atoms with Crippen molar-refractivity contribution in [2.24, 2.45) is 5.73 Å². The fourth-order valence-electron chi connectivity index (χ4n) is 1.55. The van der Waals surface area contributed by atoms with Crippen molar-refractivity contribution in [2.75, 3.05) is 31.1 Å². The minimum Gasteiger partial charge on any atom is -0.329 e. The zero-order valence-electron chi connectivity index (χ0n) is 9.25. The van der Waals surface area contributed by atoms with Crippen LogP contribution in [0.3, 0.4) is 0 Å². The van der Waals surface area contributed by atoms with Crippen molar-refractivity contribution in [3.05, 3.63) is 0 Å². The lowest BCUT2D eigenvalue weighted by molar-refractivity contribution is 0.217. The van der Waals surface area contributed by atoms with Gasteiger partial charge in [0.25, 0.3) is 0 Å². The monoisotopic (exact) mass is 204 g/mol. The van der Waals surface area contributed by atoms with Gasteiger partial charge in [-0.1, -0.05) is 20.8 Å². The van der Waals surface area contributed by atoms with Crippen molar-refractivity contribution in [1.82, 2.24) is 4.90 Å². The molecule has 0 heterocycles. The molecule has 13 heavy (non-hydrogen) atoms. The lowest BCUT2D eigenvalue weighted by Gasteiger charge is -2.28. The van der Waals surface area contributed by atoms with Crippen LogP contribution in [0.25, 0.3) is 0 Å². The Morgan fingerprint density at radius 1 is 1.23 bits per heavy atom. The number of likely N-dealkylation sites (N-methyl/N-ethyl adjacent to an activating group) is 1. The molecule has 1 atom stereocenters. The average Bonchev–Trinajstić information content (AvgIpc) is 2.17. The van der Waals surface area contributed by atoms with E-state index in [1.165, 1.54) is 17.9 Å². The summed E-state index contributed by atoms with van der Waals surface area (Å²) in [5.41, 5.74) is 5.76. The van der Waals surface area contributed by atoms with E-state index in [0.717, 1.165) is 19.6 Å². The van der Waals surface area contributed by atoms with Gasteiger partial charge in [0.05, 0.1) is 0 Å². The van der Waals surface area contributed by atoms with E-state index in [0.29, 0.717) is 6.04 Å². The molecule has 0 aromatic carbocycles. The van der Waals surface area contributed by atoms with Gasteiger partial charge in [-0.2, -0.15) is 11.8 Å². The molecule has 0 radical (unpaired) electrons. The summed E-state index contributed by atoms with van der Waals surface area (Å²) in [5, 5.41) is 0. The molecule has 0 aromatic heterocycles. The van der Waals surface area contributed by atoms with Gasteiger partial charge in [0.2, 0.25) is 0 Å². The van der Waals surface area contributed by atoms with E-state index in [2.05, 4.69) is 25.7 Å². The van der Waals surface area contributed by atoms with Crippen LogP contribution in [0.4, 0.5) is 0 Å². The third-order valence-corrected chi connectivity index (χ3v) is 3.33. The smallest absolute Gasteiger partial charge is 0.0226 e. The minimum atomic E-state index is 0.592. The highest BCUT2D eigenvalue weighted by molar-refractivity contribution is 7.99. The first kappa shape index (κ1) is 13.3. The number of rotatable bonds is 8. The Labute approximate surface area is 87.2 Å². The average molecular weight is 204 g/mol. The summed E-state index contributed by atoms with van der Waals surface area (Å²) in [5.74, 6) is 2.46. The number of hydrogen-bond donors (Lipinski definition) is 1. The molecule has 80 valence electrons. The van der Waals surface area contributed by atoms with Crippen molar-refractivity contribution in [1.29, 1.82) is 0 Å². The summed E-state index contributed by atoms with van der Waals surface area (Å²) >= 11 is 2.01. The zero-order valence-corrected chi connectivity index (χ0v) is 10.1. The number of thioether (sulfide) groups is 1. The minimum absolute atomic E-state index is 0.592. The maximum absolute atomic E-state index is 5.76. The molecule has 0 saturated carbocycles. The van der Waals surface area contributed by atoms with Crippen LogP contribution >= 0.6 is 11.8 Å². The summed E-state index contributed by atoms with van der Waals surface area (Å²) < 4.78 is 0. The summed E-state index contributed by atoms with van der Waals surface area (Å²) in [4.78, 5) is 2.45. The van der Waals surface area contributed by atoms with Crippen LogP contribution in [0.15, 0.2) is 0 Å². The van der Waals surface area contributed by atoms with Crippen molar-refractivity contribution in [3.8, 4) is 0 Å². The maximum Gasteiger partial charge on any atom is 0.0226 e. The quantitative estimate of drug-likeness (QED) is 0.611. The van der Waals surface area contributed by atoms with E-state index < -0.39 is 0 Å². The standard InChI is InChI=1S/C10H24N2S/c1-4-12(5-2)10(9-11)7-8-13-6-3/h10H,4-9,11H2,1-3H3. The fourth-order valence-corrected chi connectivity index (χ4v) is 2.28. The van der Waals surface area contributed by atoms with Gasteiger partial charge in [-0.3, -0.25) is 4.90 Å². The Kier molecular flexibility index (Phi) is 9.03. The lowest BCUT2D eigenvalue weighted by atomic mass is 10.2. The Balaban J connectivity index is 3.71. The van der Waals surface area contributed by atoms with E-state index in [4.69, 9.17) is 5.73 Å². The lowest BCUT2D eigenvalue weighted by Crippen LogP contribution is -2.40. The van der Waals surface area contributed by atoms with Crippen LogP contribution in [0.2, 0.25) is 0 Å². The van der Waals surface area contributed by atoms with Gasteiger partial charge in [-0.05, 0) is 31.0 Å². The summed E-state index contributed by atoms with van der Waals surface area (Å²) in [6.07, 6.45) is 1.23. The van der Waals surface area contributed by atoms with Gasteiger partial charge in [-0.15, -0.1) is 0 Å². The first-order chi connectivity index (χ1) is 6.29. The van der Waals surface area contributed by atoms with Gasteiger partial charge in [0.15, 0.2) is 0 Å². The normalized spacial score (nSPS) is 13.6. The van der Waals surface area contributed by atoms with Crippen LogP contribution in [0.5, 0.6) is 0 Å². The van der Waals surface area contributed by atoms with E-state index in [9.17, 15) is 0 Å². The third kappa shape index (κ3) is 5.55. The van der Waals surface area contributed by atoms with Crippen molar-refractivity contribution < 1.29 is 0 Å². The van der Waals surface area contributed by atoms with Crippen molar-refractivity contribution in [2.45, 2.75) is 33.2 Å². The highest BCUT2D eigenvalue weighted by atomic mass is 32.2. The first-order valence-corrected chi connectivity index (χ1v) is 6.47. The highest BCUT2D eigenvalue weighted by Gasteiger charge is 2.12. The van der Waals surface area contributed by atoms with Crippen LogP contribution in [-0.2, 0) is 0 Å². The SMILES string of the molecule is CCSCCC(CN)N(CC)CC. The Morgan fingerprint density at radius 3 is 2.23 bits per heavy atom. The van der Waals surface area contributed by atoms with Crippen LogP contribution in [0, 0.1) is 0 Å². The predicted octanol–water partition coefficient (Wildman–Crippen LogP) is 1.80. The molecule has 0 saturated heterocycles. The fraction of sp³-hybridized carbons (Fsp3) is 1.00. The molecule has 1 unspecified atom stereocenters. The number of hydrogen-bond acceptors (Lipinski definition) is 3. The molecule has 0 aliphatic carbocycles. The molecular weight excluding hydrogens is 180 g/mol. The largest absolute Gasteiger partial charge is 0.329 e.